The Morgan fingerprint density at radius 3 is 2.67 bits per heavy atom. The van der Waals surface area contributed by atoms with Gasteiger partial charge in [-0.15, -0.1) is 0 Å². The molecule has 6 nitrogen and oxygen atoms in total. The summed E-state index contributed by atoms with van der Waals surface area (Å²) in [7, 11) is 0. The van der Waals surface area contributed by atoms with Crippen molar-refractivity contribution in [3.05, 3.63) is 54.1 Å². The Bertz CT molecular complexity index is 1070. The zero-order chi connectivity index (χ0) is 18.5. The van der Waals surface area contributed by atoms with Crippen LogP contribution in [-0.4, -0.2) is 27.4 Å². The predicted octanol–water partition coefficient (Wildman–Crippen LogP) is 3.42. The summed E-state index contributed by atoms with van der Waals surface area (Å²) in [6.45, 7) is 1.95. The average Bonchev–Trinajstić information content (AvgIpc) is 3.36. The lowest BCUT2D eigenvalue weighted by Gasteiger charge is -2.15. The number of nitrogens with zero attached hydrogens (tertiary/aromatic N) is 3. The number of carbonyl (C=O) groups is 2. The number of para-hydroxylation sites is 3. The molecule has 2 aromatic carbocycles. The van der Waals surface area contributed by atoms with Crippen LogP contribution in [0.2, 0.25) is 0 Å². The van der Waals surface area contributed by atoms with Gasteiger partial charge in [0.05, 0.1) is 17.5 Å². The van der Waals surface area contributed by atoms with E-state index in [1.165, 1.54) is 0 Å². The van der Waals surface area contributed by atoms with Gasteiger partial charge in [0.25, 0.3) is 5.91 Å². The van der Waals surface area contributed by atoms with Gasteiger partial charge >= 0.3 is 0 Å². The lowest BCUT2D eigenvalue weighted by Crippen LogP contribution is -2.33. The van der Waals surface area contributed by atoms with Crippen LogP contribution in [0, 0.1) is 6.92 Å². The standard InChI is InChI=1S/C21H20N4O2/c1-13-6-2-3-7-15(13)22-19(26)12-18-20(27)24(14-10-11-14)21-23-16-8-4-5-9-17(16)25(18)21/h2-9,14,18H,10-12H2,1H3,(H,22,26). The van der Waals surface area contributed by atoms with E-state index in [9.17, 15) is 9.59 Å². The molecule has 2 heterocycles. The van der Waals surface area contributed by atoms with Gasteiger partial charge in [0, 0.05) is 11.7 Å². The molecular formula is C21H20N4O2. The van der Waals surface area contributed by atoms with Gasteiger partial charge in [0.15, 0.2) is 0 Å². The van der Waals surface area contributed by atoms with Crippen molar-refractivity contribution in [3.8, 4) is 0 Å². The normalized spacial score (nSPS) is 18.8. The highest BCUT2D eigenvalue weighted by Gasteiger charge is 2.47. The Hall–Kier alpha value is -3.15. The molecular weight excluding hydrogens is 340 g/mol. The maximum Gasteiger partial charge on any atom is 0.253 e. The van der Waals surface area contributed by atoms with Crippen LogP contribution in [0.4, 0.5) is 11.6 Å². The minimum Gasteiger partial charge on any atom is -0.326 e. The van der Waals surface area contributed by atoms with E-state index in [4.69, 9.17) is 0 Å². The lowest BCUT2D eigenvalue weighted by atomic mass is 10.1. The molecule has 5 rings (SSSR count). The van der Waals surface area contributed by atoms with Crippen molar-refractivity contribution >= 4 is 34.5 Å². The quantitative estimate of drug-likeness (QED) is 0.775. The molecule has 1 aliphatic carbocycles. The highest BCUT2D eigenvalue weighted by Crippen LogP contribution is 2.42. The Kier molecular flexibility index (Phi) is 3.53. The number of anilines is 2. The molecule has 0 spiro atoms. The third kappa shape index (κ3) is 2.60. The molecule has 1 saturated carbocycles. The van der Waals surface area contributed by atoms with Crippen molar-refractivity contribution in [2.45, 2.75) is 38.3 Å². The van der Waals surface area contributed by atoms with E-state index in [1.54, 1.807) is 4.90 Å². The summed E-state index contributed by atoms with van der Waals surface area (Å²) < 4.78 is 1.94. The van der Waals surface area contributed by atoms with Gasteiger partial charge in [-0.1, -0.05) is 30.3 Å². The Balaban J connectivity index is 1.48. The molecule has 3 aromatic rings. The number of carbonyl (C=O) groups excluding carboxylic acids is 2. The number of nitrogens with one attached hydrogen (secondary N) is 1. The molecule has 136 valence electrons. The average molecular weight is 360 g/mol. The van der Waals surface area contributed by atoms with Gasteiger partial charge in [-0.2, -0.15) is 0 Å². The van der Waals surface area contributed by atoms with Crippen LogP contribution in [0.5, 0.6) is 0 Å². The molecule has 1 aromatic heterocycles. The highest BCUT2D eigenvalue weighted by atomic mass is 16.2. The maximum absolute atomic E-state index is 13.1. The molecule has 1 aliphatic heterocycles. The first-order valence-corrected chi connectivity index (χ1v) is 9.29. The van der Waals surface area contributed by atoms with Gasteiger partial charge in [0.2, 0.25) is 11.9 Å². The number of aryl methyl sites for hydroxylation is 1. The summed E-state index contributed by atoms with van der Waals surface area (Å²) in [6, 6.07) is 15.1. The molecule has 2 amide bonds. The number of rotatable bonds is 4. The predicted molar refractivity (Wildman–Crippen MR) is 104 cm³/mol. The second kappa shape index (κ2) is 5.94. The van der Waals surface area contributed by atoms with Crippen LogP contribution >= 0.6 is 0 Å². The number of aromatic nitrogens is 2. The number of amides is 2. The monoisotopic (exact) mass is 360 g/mol. The molecule has 1 atom stereocenters. The van der Waals surface area contributed by atoms with E-state index in [2.05, 4.69) is 10.3 Å². The second-order valence-corrected chi connectivity index (χ2v) is 7.29. The van der Waals surface area contributed by atoms with E-state index in [0.29, 0.717) is 5.95 Å². The SMILES string of the molecule is Cc1ccccc1NC(=O)CC1C(=O)N(C2CC2)c2nc3ccccc3n21. The van der Waals surface area contributed by atoms with Crippen molar-refractivity contribution < 1.29 is 9.59 Å². The van der Waals surface area contributed by atoms with Crippen LogP contribution in [-0.2, 0) is 9.59 Å². The fourth-order valence-electron chi connectivity index (χ4n) is 3.82. The van der Waals surface area contributed by atoms with Crippen LogP contribution < -0.4 is 10.2 Å². The molecule has 1 fully saturated rings. The number of fused-ring (bicyclic) bond motifs is 3. The molecule has 0 bridgehead atoms. The second-order valence-electron chi connectivity index (χ2n) is 7.29. The highest BCUT2D eigenvalue weighted by molar-refractivity contribution is 6.05. The summed E-state index contributed by atoms with van der Waals surface area (Å²) in [5, 5.41) is 2.94. The summed E-state index contributed by atoms with van der Waals surface area (Å²) >= 11 is 0. The fraction of sp³-hybridized carbons (Fsp3) is 0.286. The number of imidazole rings is 1. The van der Waals surface area contributed by atoms with Crippen LogP contribution in [0.1, 0.15) is 30.9 Å². The van der Waals surface area contributed by atoms with Crippen molar-refractivity contribution in [2.24, 2.45) is 0 Å². The van der Waals surface area contributed by atoms with Gasteiger partial charge in [-0.25, -0.2) is 4.98 Å². The molecule has 0 radical (unpaired) electrons. The van der Waals surface area contributed by atoms with Gasteiger partial charge < -0.3 is 5.32 Å². The minimum atomic E-state index is -0.544. The fourth-order valence-corrected chi connectivity index (χ4v) is 3.82. The largest absolute Gasteiger partial charge is 0.326 e. The van der Waals surface area contributed by atoms with Gasteiger partial charge in [0.1, 0.15) is 6.04 Å². The molecule has 6 heteroatoms. The van der Waals surface area contributed by atoms with Crippen LogP contribution in [0.3, 0.4) is 0 Å². The lowest BCUT2D eigenvalue weighted by molar-refractivity contribution is -0.124. The van der Waals surface area contributed by atoms with Crippen LogP contribution in [0.15, 0.2) is 48.5 Å². The van der Waals surface area contributed by atoms with Gasteiger partial charge in [-0.3, -0.25) is 19.1 Å². The van der Waals surface area contributed by atoms with E-state index in [0.717, 1.165) is 35.1 Å². The van der Waals surface area contributed by atoms with Crippen molar-refractivity contribution in [3.63, 3.8) is 0 Å². The zero-order valence-corrected chi connectivity index (χ0v) is 15.1. The van der Waals surface area contributed by atoms with E-state index in [-0.39, 0.29) is 24.3 Å². The molecule has 1 N–H and O–H groups in total. The zero-order valence-electron chi connectivity index (χ0n) is 15.1. The number of benzene rings is 2. The molecule has 2 aliphatic rings. The summed E-state index contributed by atoms with van der Waals surface area (Å²) in [4.78, 5) is 32.3. The Morgan fingerprint density at radius 1 is 1.15 bits per heavy atom. The van der Waals surface area contributed by atoms with E-state index in [1.807, 2.05) is 60.0 Å². The summed E-state index contributed by atoms with van der Waals surface area (Å²) in [5.74, 6) is 0.493. The molecule has 27 heavy (non-hydrogen) atoms. The third-order valence-corrected chi connectivity index (χ3v) is 5.34. The summed E-state index contributed by atoms with van der Waals surface area (Å²) in [5.41, 5.74) is 3.53. The first kappa shape index (κ1) is 16.1. The van der Waals surface area contributed by atoms with Crippen molar-refractivity contribution in [2.75, 3.05) is 10.2 Å². The minimum absolute atomic E-state index is 0.0225. The Labute approximate surface area is 156 Å². The number of hydrogen-bond acceptors (Lipinski definition) is 3. The third-order valence-electron chi connectivity index (χ3n) is 5.34. The Morgan fingerprint density at radius 2 is 1.89 bits per heavy atom. The first-order chi connectivity index (χ1) is 13.1. The molecule has 1 unspecified atom stereocenters. The maximum atomic E-state index is 13.1. The van der Waals surface area contributed by atoms with Crippen molar-refractivity contribution in [1.29, 1.82) is 0 Å². The van der Waals surface area contributed by atoms with E-state index < -0.39 is 6.04 Å². The van der Waals surface area contributed by atoms with E-state index >= 15 is 0 Å². The summed E-state index contributed by atoms with van der Waals surface area (Å²) in [6.07, 6.45) is 2.10. The van der Waals surface area contributed by atoms with Crippen molar-refractivity contribution in [1.82, 2.24) is 9.55 Å². The number of hydrogen-bond donors (Lipinski definition) is 1. The smallest absolute Gasteiger partial charge is 0.253 e. The van der Waals surface area contributed by atoms with Gasteiger partial charge in [-0.05, 0) is 43.5 Å². The topological polar surface area (TPSA) is 67.2 Å². The van der Waals surface area contributed by atoms with Crippen LogP contribution in [0.25, 0.3) is 11.0 Å². The molecule has 0 saturated heterocycles. The first-order valence-electron chi connectivity index (χ1n) is 9.29.